The summed E-state index contributed by atoms with van der Waals surface area (Å²) in [6.45, 7) is 0.357. The molecule has 0 radical (unpaired) electrons. The molecule has 0 unspecified atom stereocenters. The van der Waals surface area contributed by atoms with E-state index in [-0.39, 0.29) is 17.0 Å². The molecule has 0 aromatic heterocycles. The molecule has 0 N–H and O–H groups in total. The number of ether oxygens (including phenoxy) is 2. The predicted molar refractivity (Wildman–Crippen MR) is 97.2 cm³/mol. The van der Waals surface area contributed by atoms with E-state index in [2.05, 4.69) is 0 Å². The molecule has 27 heavy (non-hydrogen) atoms. The number of methoxy groups -OCH3 is 2. The van der Waals surface area contributed by atoms with Crippen molar-refractivity contribution in [2.45, 2.75) is 11.6 Å². The van der Waals surface area contributed by atoms with Crippen LogP contribution >= 0.6 is 11.8 Å². The Labute approximate surface area is 159 Å². The number of carbonyl (C=O) groups is 1. The van der Waals surface area contributed by atoms with Gasteiger partial charge in [-0.1, -0.05) is 18.2 Å². The van der Waals surface area contributed by atoms with Crippen molar-refractivity contribution < 1.29 is 27.4 Å². The Morgan fingerprint density at radius 1 is 1.15 bits per heavy atom. The minimum absolute atomic E-state index is 0.0910. The lowest BCUT2D eigenvalue weighted by Crippen LogP contribution is -2.31. The van der Waals surface area contributed by atoms with Crippen LogP contribution in [0.2, 0.25) is 0 Å². The lowest BCUT2D eigenvalue weighted by Gasteiger charge is -2.27. The van der Waals surface area contributed by atoms with Gasteiger partial charge in [0.15, 0.2) is 0 Å². The van der Waals surface area contributed by atoms with E-state index in [0.29, 0.717) is 23.8 Å². The Hall–Kier alpha value is -2.35. The molecule has 0 saturated carbocycles. The molecule has 2 aromatic carbocycles. The van der Waals surface area contributed by atoms with Gasteiger partial charge in [0.2, 0.25) is 0 Å². The highest BCUT2D eigenvalue weighted by Gasteiger charge is 2.40. The van der Waals surface area contributed by atoms with Crippen LogP contribution in [0.15, 0.2) is 42.5 Å². The molecule has 1 saturated heterocycles. The fourth-order valence-corrected chi connectivity index (χ4v) is 4.33. The second-order valence-electron chi connectivity index (χ2n) is 5.87. The monoisotopic (exact) mass is 397 g/mol. The largest absolute Gasteiger partial charge is 0.497 e. The topological polar surface area (TPSA) is 38.8 Å². The van der Waals surface area contributed by atoms with Gasteiger partial charge in [-0.05, 0) is 23.8 Å². The van der Waals surface area contributed by atoms with E-state index < -0.39 is 17.1 Å². The molecule has 1 atom stereocenters. The molecule has 4 nitrogen and oxygen atoms in total. The summed E-state index contributed by atoms with van der Waals surface area (Å²) >= 11 is 1.32. The number of carbonyl (C=O) groups excluding carboxylic acids is 1. The molecule has 2 aromatic rings. The molecule has 0 bridgehead atoms. The van der Waals surface area contributed by atoms with Crippen LogP contribution in [-0.2, 0) is 6.18 Å². The molecule has 144 valence electrons. The Balaban J connectivity index is 1.98. The fourth-order valence-electron chi connectivity index (χ4n) is 3.04. The van der Waals surface area contributed by atoms with Gasteiger partial charge in [0, 0.05) is 18.4 Å². The second kappa shape index (κ2) is 7.72. The highest BCUT2D eigenvalue weighted by Crippen LogP contribution is 2.44. The van der Waals surface area contributed by atoms with Gasteiger partial charge in [0.1, 0.15) is 16.9 Å². The molecule has 1 amide bonds. The van der Waals surface area contributed by atoms with Crippen LogP contribution in [0.3, 0.4) is 0 Å². The number of hydrogen-bond acceptors (Lipinski definition) is 4. The maximum absolute atomic E-state index is 13.4. The number of benzene rings is 2. The van der Waals surface area contributed by atoms with E-state index >= 15 is 0 Å². The van der Waals surface area contributed by atoms with Crippen LogP contribution in [0.5, 0.6) is 11.5 Å². The summed E-state index contributed by atoms with van der Waals surface area (Å²) in [6, 6.07) is 10.1. The molecule has 1 heterocycles. The zero-order valence-corrected chi connectivity index (χ0v) is 15.6. The lowest BCUT2D eigenvalue weighted by atomic mass is 10.1. The SMILES string of the molecule is COc1ccc(C(=O)N2CCS[C@@H]2c2ccccc2C(F)(F)F)c(OC)c1. The minimum Gasteiger partial charge on any atom is -0.497 e. The first-order chi connectivity index (χ1) is 12.9. The van der Waals surface area contributed by atoms with E-state index in [0.717, 1.165) is 6.07 Å². The number of halogens is 3. The lowest BCUT2D eigenvalue weighted by molar-refractivity contribution is -0.138. The fraction of sp³-hybridized carbons (Fsp3) is 0.316. The van der Waals surface area contributed by atoms with Crippen molar-refractivity contribution in [1.29, 1.82) is 0 Å². The van der Waals surface area contributed by atoms with E-state index in [4.69, 9.17) is 9.47 Å². The Bertz CT molecular complexity index is 841. The van der Waals surface area contributed by atoms with Gasteiger partial charge >= 0.3 is 6.18 Å². The Morgan fingerprint density at radius 3 is 2.56 bits per heavy atom. The summed E-state index contributed by atoms with van der Waals surface area (Å²) in [7, 11) is 2.93. The summed E-state index contributed by atoms with van der Waals surface area (Å²) in [5.41, 5.74) is -0.340. The van der Waals surface area contributed by atoms with Gasteiger partial charge in [-0.2, -0.15) is 13.2 Å². The average molecular weight is 397 g/mol. The molecular weight excluding hydrogens is 379 g/mol. The molecule has 0 aliphatic carbocycles. The van der Waals surface area contributed by atoms with Crippen LogP contribution in [0.4, 0.5) is 13.2 Å². The van der Waals surface area contributed by atoms with Crippen LogP contribution < -0.4 is 9.47 Å². The summed E-state index contributed by atoms with van der Waals surface area (Å²) in [6.07, 6.45) is -4.48. The third-order valence-electron chi connectivity index (χ3n) is 4.32. The first-order valence-electron chi connectivity index (χ1n) is 8.17. The highest BCUT2D eigenvalue weighted by molar-refractivity contribution is 7.99. The van der Waals surface area contributed by atoms with E-state index in [1.807, 2.05) is 0 Å². The van der Waals surface area contributed by atoms with Gasteiger partial charge < -0.3 is 14.4 Å². The van der Waals surface area contributed by atoms with E-state index in [9.17, 15) is 18.0 Å². The molecule has 0 spiro atoms. The Kier molecular flexibility index (Phi) is 5.55. The summed E-state index contributed by atoms with van der Waals surface area (Å²) in [5, 5.41) is -0.706. The van der Waals surface area contributed by atoms with Crippen LogP contribution in [0.1, 0.15) is 26.9 Å². The second-order valence-corrected chi connectivity index (χ2v) is 7.06. The van der Waals surface area contributed by atoms with Gasteiger partial charge in [-0.3, -0.25) is 4.79 Å². The normalized spacial score (nSPS) is 17.1. The number of rotatable bonds is 4. The van der Waals surface area contributed by atoms with E-state index in [1.54, 1.807) is 24.3 Å². The Morgan fingerprint density at radius 2 is 1.89 bits per heavy atom. The maximum atomic E-state index is 13.4. The third-order valence-corrected chi connectivity index (χ3v) is 5.57. The predicted octanol–water partition coefficient (Wildman–Crippen LogP) is 4.61. The first-order valence-corrected chi connectivity index (χ1v) is 9.22. The highest BCUT2D eigenvalue weighted by atomic mass is 32.2. The van der Waals surface area contributed by atoms with Crippen molar-refractivity contribution in [1.82, 2.24) is 4.90 Å². The van der Waals surface area contributed by atoms with Gasteiger partial charge in [-0.25, -0.2) is 0 Å². The summed E-state index contributed by atoms with van der Waals surface area (Å²) < 4.78 is 50.6. The summed E-state index contributed by atoms with van der Waals surface area (Å²) in [5.74, 6) is 1.03. The zero-order valence-electron chi connectivity index (χ0n) is 14.7. The van der Waals surface area contributed by atoms with Gasteiger partial charge in [0.25, 0.3) is 5.91 Å². The summed E-state index contributed by atoms with van der Waals surface area (Å²) in [4.78, 5) is 14.5. The third kappa shape index (κ3) is 3.85. The van der Waals surface area contributed by atoms with Crippen molar-refractivity contribution in [2.75, 3.05) is 26.5 Å². The van der Waals surface area contributed by atoms with Crippen molar-refractivity contribution in [3.05, 3.63) is 59.2 Å². The number of hydrogen-bond donors (Lipinski definition) is 0. The van der Waals surface area contributed by atoms with Crippen molar-refractivity contribution >= 4 is 17.7 Å². The first kappa shape index (κ1) is 19.4. The maximum Gasteiger partial charge on any atom is 0.416 e. The zero-order chi connectivity index (χ0) is 19.6. The number of alkyl halides is 3. The molecule has 3 rings (SSSR count). The van der Waals surface area contributed by atoms with Crippen LogP contribution in [0, 0.1) is 0 Å². The quantitative estimate of drug-likeness (QED) is 0.755. The standard InChI is InChI=1S/C19H18F3NO3S/c1-25-12-7-8-14(16(11-12)26-2)17(24)23-9-10-27-18(23)13-5-3-4-6-15(13)19(20,21)22/h3-8,11,18H,9-10H2,1-2H3/t18-/m1/s1. The van der Waals surface area contributed by atoms with Crippen molar-refractivity contribution in [3.63, 3.8) is 0 Å². The average Bonchev–Trinajstić information content (AvgIpc) is 3.16. The van der Waals surface area contributed by atoms with Gasteiger partial charge in [-0.15, -0.1) is 11.8 Å². The number of amides is 1. The number of thioether (sulfide) groups is 1. The van der Waals surface area contributed by atoms with E-state index in [1.165, 1.54) is 43.0 Å². The van der Waals surface area contributed by atoms with Crippen LogP contribution in [0.25, 0.3) is 0 Å². The molecule has 1 fully saturated rings. The minimum atomic E-state index is -4.48. The van der Waals surface area contributed by atoms with Crippen molar-refractivity contribution in [2.24, 2.45) is 0 Å². The molecular formula is C19H18F3NO3S. The van der Waals surface area contributed by atoms with Gasteiger partial charge in [0.05, 0.1) is 25.3 Å². The molecule has 8 heteroatoms. The molecule has 1 aliphatic heterocycles. The van der Waals surface area contributed by atoms with Crippen LogP contribution in [-0.4, -0.2) is 37.3 Å². The van der Waals surface area contributed by atoms with Crippen molar-refractivity contribution in [3.8, 4) is 11.5 Å². The number of nitrogens with zero attached hydrogens (tertiary/aromatic N) is 1. The smallest absolute Gasteiger partial charge is 0.416 e. The molecule has 1 aliphatic rings.